The molecule has 2 aromatic rings. The lowest BCUT2D eigenvalue weighted by Crippen LogP contribution is -2.32. The van der Waals surface area contributed by atoms with E-state index < -0.39 is 12.0 Å². The summed E-state index contributed by atoms with van der Waals surface area (Å²) in [4.78, 5) is 31.4. The van der Waals surface area contributed by atoms with E-state index in [1.807, 2.05) is 0 Å². The highest BCUT2D eigenvalue weighted by Gasteiger charge is 2.09. The van der Waals surface area contributed by atoms with Crippen molar-refractivity contribution in [2.24, 2.45) is 5.73 Å². The van der Waals surface area contributed by atoms with Gasteiger partial charge in [-0.15, -0.1) is 0 Å². The number of carboxylic acid groups (broad SMARTS) is 1. The van der Waals surface area contributed by atoms with Gasteiger partial charge in [0.1, 0.15) is 5.82 Å². The van der Waals surface area contributed by atoms with Crippen molar-refractivity contribution in [2.75, 3.05) is 11.9 Å². The Balaban J connectivity index is 2.36. The summed E-state index contributed by atoms with van der Waals surface area (Å²) in [5.41, 5.74) is 7.16. The molecule has 0 aliphatic heterocycles. The van der Waals surface area contributed by atoms with Gasteiger partial charge in [-0.3, -0.25) is 9.88 Å². The highest BCUT2D eigenvalue weighted by Crippen LogP contribution is 2.20. The zero-order chi connectivity index (χ0) is 16.1. The molecule has 7 nitrogen and oxygen atoms in total. The summed E-state index contributed by atoms with van der Waals surface area (Å²) in [5.74, 6) is -0.620. The molecule has 0 saturated carbocycles. The van der Waals surface area contributed by atoms with E-state index in [4.69, 9.17) is 10.8 Å². The zero-order valence-electron chi connectivity index (χ0n) is 11.8. The van der Waals surface area contributed by atoms with Crippen molar-refractivity contribution in [1.82, 2.24) is 9.97 Å². The van der Waals surface area contributed by atoms with Crippen LogP contribution in [0.2, 0.25) is 0 Å². The lowest BCUT2D eigenvalue weighted by Gasteiger charge is -2.14. The Bertz CT molecular complexity index is 743. The average molecular weight is 298 g/mol. The second-order valence-corrected chi connectivity index (χ2v) is 4.46. The Morgan fingerprint density at radius 2 is 2.09 bits per heavy atom. The van der Waals surface area contributed by atoms with Gasteiger partial charge in [-0.25, -0.2) is 14.6 Å². The summed E-state index contributed by atoms with van der Waals surface area (Å²) in [6.07, 6.45) is 5.63. The molecule has 0 aliphatic rings. The molecule has 112 valence electrons. The second kappa shape index (κ2) is 6.49. The van der Waals surface area contributed by atoms with E-state index in [1.54, 1.807) is 36.7 Å². The number of primary amides is 1. The maximum atomic E-state index is 11.2. The third kappa shape index (κ3) is 3.66. The predicted octanol–water partition coefficient (Wildman–Crippen LogP) is 1.76. The molecule has 2 amide bonds. The standard InChI is InChI=1S/C15H14N4O3/c1-19(15(16)22)13-4-2-3-12(18-13)11-7-10(8-17-9-11)5-6-14(20)21/h2-9H,1H3,(H2,16,22)(H,20,21). The SMILES string of the molecule is CN(C(N)=O)c1cccc(-c2cncc(C=CC(=O)O)c2)n1. The first-order chi connectivity index (χ1) is 10.5. The molecule has 2 aromatic heterocycles. The van der Waals surface area contributed by atoms with E-state index in [1.165, 1.54) is 18.0 Å². The first-order valence-electron chi connectivity index (χ1n) is 6.34. The van der Waals surface area contributed by atoms with Gasteiger partial charge in [0.25, 0.3) is 0 Å². The van der Waals surface area contributed by atoms with Crippen LogP contribution in [0.3, 0.4) is 0 Å². The minimum absolute atomic E-state index is 0.413. The van der Waals surface area contributed by atoms with Crippen molar-refractivity contribution >= 4 is 23.9 Å². The summed E-state index contributed by atoms with van der Waals surface area (Å²) >= 11 is 0. The molecular formula is C15H14N4O3. The van der Waals surface area contributed by atoms with Crippen molar-refractivity contribution in [1.29, 1.82) is 0 Å². The van der Waals surface area contributed by atoms with E-state index in [0.29, 0.717) is 22.6 Å². The summed E-state index contributed by atoms with van der Waals surface area (Å²) in [5, 5.41) is 8.64. The number of carboxylic acids is 1. The first-order valence-corrected chi connectivity index (χ1v) is 6.34. The highest BCUT2D eigenvalue weighted by molar-refractivity contribution is 5.89. The van der Waals surface area contributed by atoms with Gasteiger partial charge in [-0.1, -0.05) is 6.07 Å². The van der Waals surface area contributed by atoms with Crippen LogP contribution in [0.5, 0.6) is 0 Å². The van der Waals surface area contributed by atoms with Crippen LogP contribution in [0.1, 0.15) is 5.56 Å². The number of hydrogen-bond donors (Lipinski definition) is 2. The molecule has 0 radical (unpaired) electrons. The molecule has 0 aromatic carbocycles. The van der Waals surface area contributed by atoms with Crippen LogP contribution in [0.25, 0.3) is 17.3 Å². The Morgan fingerprint density at radius 1 is 1.32 bits per heavy atom. The number of anilines is 1. The van der Waals surface area contributed by atoms with Crippen LogP contribution < -0.4 is 10.6 Å². The monoisotopic (exact) mass is 298 g/mol. The molecule has 0 spiro atoms. The molecular weight excluding hydrogens is 284 g/mol. The fourth-order valence-corrected chi connectivity index (χ4v) is 1.74. The first kappa shape index (κ1) is 15.2. The second-order valence-electron chi connectivity index (χ2n) is 4.46. The maximum Gasteiger partial charge on any atom is 0.328 e. The Labute approximate surface area is 126 Å². The van der Waals surface area contributed by atoms with Crippen LogP contribution in [0, 0.1) is 0 Å². The predicted molar refractivity (Wildman–Crippen MR) is 82.1 cm³/mol. The molecule has 2 rings (SSSR count). The average Bonchev–Trinajstić information content (AvgIpc) is 2.52. The number of rotatable bonds is 4. The minimum Gasteiger partial charge on any atom is -0.478 e. The third-order valence-corrected chi connectivity index (χ3v) is 2.88. The lowest BCUT2D eigenvalue weighted by molar-refractivity contribution is -0.131. The molecule has 22 heavy (non-hydrogen) atoms. The van der Waals surface area contributed by atoms with E-state index in [0.717, 1.165) is 6.08 Å². The molecule has 0 unspecified atom stereocenters. The molecule has 0 saturated heterocycles. The van der Waals surface area contributed by atoms with E-state index in [2.05, 4.69) is 9.97 Å². The largest absolute Gasteiger partial charge is 0.478 e. The Kier molecular flexibility index (Phi) is 4.47. The fraction of sp³-hybridized carbons (Fsp3) is 0.0667. The summed E-state index contributed by atoms with van der Waals surface area (Å²) < 4.78 is 0. The van der Waals surface area contributed by atoms with Crippen molar-refractivity contribution in [2.45, 2.75) is 0 Å². The van der Waals surface area contributed by atoms with Crippen molar-refractivity contribution in [3.05, 3.63) is 48.3 Å². The van der Waals surface area contributed by atoms with Crippen LogP contribution in [-0.4, -0.2) is 34.1 Å². The molecule has 0 aliphatic carbocycles. The number of hydrogen-bond acceptors (Lipinski definition) is 4. The van der Waals surface area contributed by atoms with E-state index in [9.17, 15) is 9.59 Å². The van der Waals surface area contributed by atoms with Crippen LogP contribution >= 0.6 is 0 Å². The molecule has 0 atom stereocenters. The number of aliphatic carboxylic acids is 1. The molecule has 3 N–H and O–H groups in total. The van der Waals surface area contributed by atoms with Gasteiger partial charge in [-0.05, 0) is 29.8 Å². The summed E-state index contributed by atoms with van der Waals surface area (Å²) in [7, 11) is 1.53. The van der Waals surface area contributed by atoms with Gasteiger partial charge in [-0.2, -0.15) is 0 Å². The van der Waals surface area contributed by atoms with Gasteiger partial charge in [0.05, 0.1) is 5.69 Å². The normalized spacial score (nSPS) is 10.6. The van der Waals surface area contributed by atoms with Crippen molar-refractivity contribution in [3.8, 4) is 11.3 Å². The van der Waals surface area contributed by atoms with E-state index in [-0.39, 0.29) is 0 Å². The zero-order valence-corrected chi connectivity index (χ0v) is 11.8. The van der Waals surface area contributed by atoms with Gasteiger partial charge < -0.3 is 10.8 Å². The summed E-state index contributed by atoms with van der Waals surface area (Å²) in [6, 6.07) is 6.32. The number of amides is 2. The topological polar surface area (TPSA) is 109 Å². The number of nitrogens with zero attached hydrogens (tertiary/aromatic N) is 3. The number of urea groups is 1. The molecule has 2 heterocycles. The third-order valence-electron chi connectivity index (χ3n) is 2.88. The quantitative estimate of drug-likeness (QED) is 0.836. The van der Waals surface area contributed by atoms with Crippen LogP contribution in [-0.2, 0) is 4.79 Å². The van der Waals surface area contributed by atoms with Crippen LogP contribution in [0.15, 0.2) is 42.7 Å². The van der Waals surface area contributed by atoms with Crippen molar-refractivity contribution < 1.29 is 14.7 Å². The maximum absolute atomic E-state index is 11.2. The van der Waals surface area contributed by atoms with Gasteiger partial charge in [0.15, 0.2) is 0 Å². The van der Waals surface area contributed by atoms with Crippen molar-refractivity contribution in [3.63, 3.8) is 0 Å². The van der Waals surface area contributed by atoms with Crippen LogP contribution in [0.4, 0.5) is 10.6 Å². The number of pyridine rings is 2. The van der Waals surface area contributed by atoms with Gasteiger partial charge in [0, 0.05) is 31.1 Å². The van der Waals surface area contributed by atoms with Gasteiger partial charge >= 0.3 is 12.0 Å². The number of carbonyl (C=O) groups is 2. The molecule has 7 heteroatoms. The molecule has 0 fully saturated rings. The minimum atomic E-state index is -1.03. The molecule has 0 bridgehead atoms. The Hall–Kier alpha value is -3.22. The number of nitrogens with two attached hydrogens (primary N) is 1. The number of aromatic nitrogens is 2. The lowest BCUT2D eigenvalue weighted by atomic mass is 10.1. The smallest absolute Gasteiger partial charge is 0.328 e. The Morgan fingerprint density at radius 3 is 2.77 bits per heavy atom. The highest BCUT2D eigenvalue weighted by atomic mass is 16.4. The number of carbonyl (C=O) groups excluding carboxylic acids is 1. The van der Waals surface area contributed by atoms with Gasteiger partial charge in [0.2, 0.25) is 0 Å². The fourth-order valence-electron chi connectivity index (χ4n) is 1.74. The van der Waals surface area contributed by atoms with E-state index >= 15 is 0 Å². The summed E-state index contributed by atoms with van der Waals surface area (Å²) in [6.45, 7) is 0.